The van der Waals surface area contributed by atoms with Crippen LogP contribution in [-0.2, 0) is 6.61 Å². The second-order valence-electron chi connectivity index (χ2n) is 4.27. The molecule has 0 fully saturated rings. The molecule has 0 aliphatic heterocycles. The van der Waals surface area contributed by atoms with Gasteiger partial charge >= 0.3 is 0 Å². The van der Waals surface area contributed by atoms with Gasteiger partial charge < -0.3 is 4.74 Å². The van der Waals surface area contributed by atoms with Gasteiger partial charge in [-0.1, -0.05) is 35.9 Å². The van der Waals surface area contributed by atoms with Crippen molar-refractivity contribution >= 4 is 33.0 Å². The van der Waals surface area contributed by atoms with Crippen LogP contribution in [-0.4, -0.2) is 0 Å². The monoisotopic (exact) mass is 299 g/mol. The van der Waals surface area contributed by atoms with Crippen LogP contribution in [0.3, 0.4) is 0 Å². The normalized spacial score (nSPS) is 10.4. The molecular formula is C16H10ClNOS. The maximum absolute atomic E-state index is 9.12. The van der Waals surface area contributed by atoms with Crippen molar-refractivity contribution in [3.63, 3.8) is 0 Å². The van der Waals surface area contributed by atoms with Crippen LogP contribution in [0.15, 0.2) is 47.8 Å². The Morgan fingerprint density at radius 1 is 1.15 bits per heavy atom. The minimum atomic E-state index is 0.383. The van der Waals surface area contributed by atoms with E-state index >= 15 is 0 Å². The van der Waals surface area contributed by atoms with Crippen molar-refractivity contribution in [3.05, 3.63) is 64.0 Å². The minimum Gasteiger partial charge on any atom is -0.487 e. The second kappa shape index (κ2) is 5.54. The second-order valence-corrected chi connectivity index (χ2v) is 5.59. The maximum Gasteiger partial charge on any atom is 0.139 e. The van der Waals surface area contributed by atoms with E-state index in [0.29, 0.717) is 22.9 Å². The zero-order valence-electron chi connectivity index (χ0n) is 10.5. The van der Waals surface area contributed by atoms with E-state index in [2.05, 4.69) is 23.6 Å². The lowest BCUT2D eigenvalue weighted by atomic mass is 10.2. The Bertz CT molecular complexity index is 804. The van der Waals surface area contributed by atoms with Gasteiger partial charge in [-0.15, -0.1) is 11.3 Å². The van der Waals surface area contributed by atoms with Gasteiger partial charge in [-0.3, -0.25) is 0 Å². The maximum atomic E-state index is 9.12. The van der Waals surface area contributed by atoms with Crippen molar-refractivity contribution in [2.75, 3.05) is 0 Å². The summed E-state index contributed by atoms with van der Waals surface area (Å²) in [5.41, 5.74) is 1.50. The number of rotatable bonds is 3. The van der Waals surface area contributed by atoms with Crippen molar-refractivity contribution in [2.24, 2.45) is 0 Å². The first-order chi connectivity index (χ1) is 9.79. The molecule has 98 valence electrons. The molecule has 3 rings (SSSR count). The van der Waals surface area contributed by atoms with Gasteiger partial charge in [0.25, 0.3) is 0 Å². The van der Waals surface area contributed by atoms with Gasteiger partial charge in [0.05, 0.1) is 5.02 Å². The molecule has 3 aromatic rings. The van der Waals surface area contributed by atoms with Crippen molar-refractivity contribution in [1.82, 2.24) is 0 Å². The molecule has 20 heavy (non-hydrogen) atoms. The molecule has 0 radical (unpaired) electrons. The highest BCUT2D eigenvalue weighted by Gasteiger charge is 2.09. The molecule has 0 spiro atoms. The third kappa shape index (κ3) is 2.36. The molecule has 0 aliphatic rings. The summed E-state index contributed by atoms with van der Waals surface area (Å²) in [5, 5.41) is 12.8. The zero-order valence-corrected chi connectivity index (χ0v) is 12.0. The number of thiophene rings is 1. The predicted molar refractivity (Wildman–Crippen MR) is 82.3 cm³/mol. The Hall–Kier alpha value is -2.02. The van der Waals surface area contributed by atoms with Crippen LogP contribution in [0.5, 0.6) is 5.75 Å². The Balaban J connectivity index is 1.87. The molecule has 0 bridgehead atoms. The van der Waals surface area contributed by atoms with Crippen LogP contribution < -0.4 is 4.74 Å². The lowest BCUT2D eigenvalue weighted by molar-refractivity contribution is 0.307. The van der Waals surface area contributed by atoms with Crippen LogP contribution in [0.1, 0.15) is 11.1 Å². The number of halogens is 1. The largest absolute Gasteiger partial charge is 0.487 e. The van der Waals surface area contributed by atoms with Gasteiger partial charge in [0.1, 0.15) is 24.0 Å². The summed E-state index contributed by atoms with van der Waals surface area (Å²) < 4.78 is 7.00. The molecule has 1 aromatic heterocycles. The van der Waals surface area contributed by atoms with Crippen molar-refractivity contribution < 1.29 is 4.74 Å². The minimum absolute atomic E-state index is 0.383. The third-order valence-electron chi connectivity index (χ3n) is 3.03. The first-order valence-corrected chi connectivity index (χ1v) is 7.32. The van der Waals surface area contributed by atoms with E-state index in [1.165, 1.54) is 10.1 Å². The summed E-state index contributed by atoms with van der Waals surface area (Å²) >= 11 is 7.68. The zero-order chi connectivity index (χ0) is 13.9. The Morgan fingerprint density at radius 2 is 2.00 bits per heavy atom. The van der Waals surface area contributed by atoms with Gasteiger partial charge in [-0.25, -0.2) is 0 Å². The summed E-state index contributed by atoms with van der Waals surface area (Å²) in [5.74, 6) is 0.523. The molecule has 0 atom stereocenters. The Morgan fingerprint density at radius 3 is 2.85 bits per heavy atom. The molecular weight excluding hydrogens is 290 g/mol. The summed E-state index contributed by atoms with van der Waals surface area (Å²) in [6, 6.07) is 15.5. The van der Waals surface area contributed by atoms with Gasteiger partial charge in [0.2, 0.25) is 0 Å². The van der Waals surface area contributed by atoms with E-state index in [9.17, 15) is 0 Å². The molecule has 0 saturated carbocycles. The molecule has 0 aliphatic carbocycles. The fourth-order valence-electron chi connectivity index (χ4n) is 2.03. The van der Waals surface area contributed by atoms with Crippen LogP contribution in [0, 0.1) is 11.3 Å². The molecule has 2 aromatic carbocycles. The van der Waals surface area contributed by atoms with E-state index in [0.717, 1.165) is 5.56 Å². The highest BCUT2D eigenvalue weighted by atomic mass is 35.5. The fourth-order valence-corrected chi connectivity index (χ4v) is 3.19. The van der Waals surface area contributed by atoms with E-state index in [1.807, 2.05) is 12.1 Å². The summed E-state index contributed by atoms with van der Waals surface area (Å²) in [6.07, 6.45) is 0. The smallest absolute Gasteiger partial charge is 0.139 e. The van der Waals surface area contributed by atoms with Crippen LogP contribution in [0.2, 0.25) is 5.02 Å². The number of benzene rings is 2. The molecule has 0 saturated heterocycles. The number of nitrogens with zero attached hydrogens (tertiary/aromatic N) is 1. The van der Waals surface area contributed by atoms with E-state index in [4.69, 9.17) is 21.6 Å². The van der Waals surface area contributed by atoms with Gasteiger partial charge in [0, 0.05) is 10.3 Å². The first kappa shape index (κ1) is 13.0. The highest BCUT2D eigenvalue weighted by molar-refractivity contribution is 7.17. The summed E-state index contributed by atoms with van der Waals surface area (Å²) in [7, 11) is 0. The SMILES string of the molecule is N#Cc1c(Cl)cccc1OCc1csc2ccccc12. The Labute approximate surface area is 125 Å². The standard InChI is InChI=1S/C16H10ClNOS/c17-14-5-3-6-15(13(14)8-18)19-9-11-10-20-16-7-2-1-4-12(11)16/h1-7,10H,9H2. The van der Waals surface area contributed by atoms with Crippen molar-refractivity contribution in [2.45, 2.75) is 6.61 Å². The average molecular weight is 300 g/mol. The van der Waals surface area contributed by atoms with Crippen molar-refractivity contribution in [3.8, 4) is 11.8 Å². The molecule has 0 amide bonds. The number of hydrogen-bond acceptors (Lipinski definition) is 3. The first-order valence-electron chi connectivity index (χ1n) is 6.06. The lowest BCUT2D eigenvalue weighted by Crippen LogP contribution is -1.96. The number of nitriles is 1. The molecule has 0 N–H and O–H groups in total. The lowest BCUT2D eigenvalue weighted by Gasteiger charge is -2.08. The molecule has 2 nitrogen and oxygen atoms in total. The van der Waals surface area contributed by atoms with E-state index in [-0.39, 0.29) is 0 Å². The number of ether oxygens (including phenoxy) is 1. The molecule has 1 heterocycles. The summed E-state index contributed by atoms with van der Waals surface area (Å²) in [4.78, 5) is 0. The topological polar surface area (TPSA) is 33.0 Å². The number of hydrogen-bond donors (Lipinski definition) is 0. The van der Waals surface area contributed by atoms with Gasteiger partial charge in [-0.05, 0) is 29.0 Å². The van der Waals surface area contributed by atoms with E-state index in [1.54, 1.807) is 29.5 Å². The predicted octanol–water partition coefficient (Wildman–Crippen LogP) is 5.01. The highest BCUT2D eigenvalue weighted by Crippen LogP contribution is 2.29. The molecule has 0 unspecified atom stereocenters. The Kier molecular flexibility index (Phi) is 3.60. The third-order valence-corrected chi connectivity index (χ3v) is 4.36. The van der Waals surface area contributed by atoms with Crippen LogP contribution in [0.4, 0.5) is 0 Å². The van der Waals surface area contributed by atoms with Crippen LogP contribution >= 0.6 is 22.9 Å². The van der Waals surface area contributed by atoms with E-state index < -0.39 is 0 Å². The van der Waals surface area contributed by atoms with Crippen LogP contribution in [0.25, 0.3) is 10.1 Å². The van der Waals surface area contributed by atoms with Crippen molar-refractivity contribution in [1.29, 1.82) is 5.26 Å². The summed E-state index contributed by atoms with van der Waals surface area (Å²) in [6.45, 7) is 0.430. The fraction of sp³-hybridized carbons (Fsp3) is 0.0625. The van der Waals surface area contributed by atoms with Gasteiger partial charge in [-0.2, -0.15) is 5.26 Å². The average Bonchev–Trinajstić information content (AvgIpc) is 2.88. The van der Waals surface area contributed by atoms with Gasteiger partial charge in [0.15, 0.2) is 0 Å². The quantitative estimate of drug-likeness (QED) is 0.681. The molecule has 4 heteroatoms. The number of fused-ring (bicyclic) bond motifs is 1.